The molecule has 1 aromatic heterocycles. The molecule has 4 heteroatoms. The van der Waals surface area contributed by atoms with Crippen molar-refractivity contribution in [2.75, 3.05) is 6.54 Å². The average Bonchev–Trinajstić information content (AvgIpc) is 2.86. The van der Waals surface area contributed by atoms with Crippen LogP contribution in [-0.2, 0) is 0 Å². The Morgan fingerprint density at radius 3 is 2.38 bits per heavy atom. The zero-order valence-corrected chi connectivity index (χ0v) is 16.7. The Morgan fingerprint density at radius 1 is 1.14 bits per heavy atom. The third kappa shape index (κ3) is 4.19. The van der Waals surface area contributed by atoms with Crippen LogP contribution in [0.2, 0.25) is 0 Å². The second-order valence-corrected chi connectivity index (χ2v) is 8.03. The number of hydrogen-bond acceptors (Lipinski definition) is 2. The van der Waals surface area contributed by atoms with Crippen LogP contribution in [0.25, 0.3) is 10.4 Å². The van der Waals surface area contributed by atoms with Crippen LogP contribution in [0.15, 0.2) is 33.2 Å². The summed E-state index contributed by atoms with van der Waals surface area (Å²) in [5.74, 6) is 0. The minimum absolute atomic E-state index is 0.474. The third-order valence-electron chi connectivity index (χ3n) is 3.43. The van der Waals surface area contributed by atoms with E-state index in [1.165, 1.54) is 33.7 Å². The van der Waals surface area contributed by atoms with Gasteiger partial charge >= 0.3 is 0 Å². The second kappa shape index (κ2) is 7.91. The van der Waals surface area contributed by atoms with Crippen molar-refractivity contribution in [2.45, 2.75) is 39.7 Å². The minimum Gasteiger partial charge on any atom is -0.310 e. The molecular formula is C17H21Br2NS. The number of aryl methyl sites for hydroxylation is 1. The quantitative estimate of drug-likeness (QED) is 0.537. The molecule has 0 aliphatic rings. The molecule has 1 aromatic carbocycles. The van der Waals surface area contributed by atoms with Gasteiger partial charge in [-0.3, -0.25) is 0 Å². The van der Waals surface area contributed by atoms with Gasteiger partial charge in [0, 0.05) is 30.3 Å². The van der Waals surface area contributed by atoms with Gasteiger partial charge in [0.25, 0.3) is 0 Å². The normalized spacial score (nSPS) is 12.6. The molecule has 0 bridgehead atoms. The van der Waals surface area contributed by atoms with Gasteiger partial charge in [-0.15, -0.1) is 11.3 Å². The number of benzene rings is 1. The van der Waals surface area contributed by atoms with Crippen LogP contribution in [0.4, 0.5) is 0 Å². The molecule has 0 saturated carbocycles. The molecule has 0 radical (unpaired) electrons. The van der Waals surface area contributed by atoms with Gasteiger partial charge in [-0.2, -0.15) is 0 Å². The summed E-state index contributed by atoms with van der Waals surface area (Å²) in [4.78, 5) is 2.73. The first kappa shape index (κ1) is 17.2. The van der Waals surface area contributed by atoms with Gasteiger partial charge in [0.2, 0.25) is 0 Å². The molecule has 114 valence electrons. The first-order valence-corrected chi connectivity index (χ1v) is 9.76. The van der Waals surface area contributed by atoms with Gasteiger partial charge in [-0.05, 0) is 49.7 Å². The van der Waals surface area contributed by atoms with E-state index >= 15 is 0 Å². The molecule has 0 fully saturated rings. The van der Waals surface area contributed by atoms with Crippen LogP contribution in [0.5, 0.6) is 0 Å². The molecule has 0 spiro atoms. The van der Waals surface area contributed by atoms with E-state index in [9.17, 15) is 0 Å². The topological polar surface area (TPSA) is 12.0 Å². The Hall–Kier alpha value is -0.160. The number of rotatable bonds is 6. The minimum atomic E-state index is 0.474. The molecule has 0 saturated heterocycles. The fraction of sp³-hybridized carbons (Fsp3) is 0.412. The summed E-state index contributed by atoms with van der Waals surface area (Å²) in [6.45, 7) is 7.54. The summed E-state index contributed by atoms with van der Waals surface area (Å²) in [5, 5.41) is 3.59. The van der Waals surface area contributed by atoms with Gasteiger partial charge in [0.1, 0.15) is 0 Å². The third-order valence-corrected chi connectivity index (χ3v) is 5.90. The van der Waals surface area contributed by atoms with Gasteiger partial charge in [0.05, 0.1) is 0 Å². The Kier molecular flexibility index (Phi) is 6.48. The predicted octanol–water partition coefficient (Wildman–Crippen LogP) is 6.70. The monoisotopic (exact) mass is 429 g/mol. The highest BCUT2D eigenvalue weighted by Gasteiger charge is 2.15. The first-order chi connectivity index (χ1) is 10.1. The van der Waals surface area contributed by atoms with E-state index in [1.807, 2.05) is 11.3 Å². The molecule has 21 heavy (non-hydrogen) atoms. The molecule has 1 atom stereocenters. The maximum Gasteiger partial charge on any atom is 0.0414 e. The van der Waals surface area contributed by atoms with Gasteiger partial charge < -0.3 is 5.32 Å². The van der Waals surface area contributed by atoms with E-state index in [2.05, 4.69) is 82.2 Å². The predicted molar refractivity (Wildman–Crippen MR) is 101 cm³/mol. The lowest BCUT2D eigenvalue weighted by Gasteiger charge is -2.15. The molecule has 0 aliphatic carbocycles. The Balaban J connectivity index is 2.35. The summed E-state index contributed by atoms with van der Waals surface area (Å²) in [5.41, 5.74) is 2.51. The van der Waals surface area contributed by atoms with Crippen LogP contribution >= 0.6 is 43.2 Å². The highest BCUT2D eigenvalue weighted by atomic mass is 79.9. The van der Waals surface area contributed by atoms with Crippen molar-refractivity contribution in [3.8, 4) is 10.4 Å². The Labute approximate surface area is 148 Å². The summed E-state index contributed by atoms with van der Waals surface area (Å²) >= 11 is 9.29. The van der Waals surface area contributed by atoms with E-state index in [-0.39, 0.29) is 0 Å². The first-order valence-electron chi connectivity index (χ1n) is 7.35. The van der Waals surface area contributed by atoms with Crippen LogP contribution < -0.4 is 5.32 Å². The van der Waals surface area contributed by atoms with Crippen LogP contribution in [0.1, 0.15) is 43.2 Å². The van der Waals surface area contributed by atoms with Crippen molar-refractivity contribution in [2.24, 2.45) is 0 Å². The molecule has 0 aliphatic heterocycles. The van der Waals surface area contributed by atoms with Crippen LogP contribution in [0.3, 0.4) is 0 Å². The molecule has 1 heterocycles. The molecule has 1 N–H and O–H groups in total. The lowest BCUT2D eigenvalue weighted by atomic mass is 10.1. The van der Waals surface area contributed by atoms with Gasteiger partial charge in [0.15, 0.2) is 0 Å². The number of hydrogen-bond donors (Lipinski definition) is 1. The fourth-order valence-corrected chi connectivity index (χ4v) is 5.79. The fourth-order valence-electron chi connectivity index (χ4n) is 2.49. The average molecular weight is 431 g/mol. The van der Waals surface area contributed by atoms with Crippen LogP contribution in [0, 0.1) is 6.92 Å². The molecular weight excluding hydrogens is 410 g/mol. The van der Waals surface area contributed by atoms with Crippen LogP contribution in [-0.4, -0.2) is 6.54 Å². The summed E-state index contributed by atoms with van der Waals surface area (Å²) in [6, 6.07) is 9.32. The van der Waals surface area contributed by atoms with E-state index in [4.69, 9.17) is 0 Å². The highest BCUT2D eigenvalue weighted by molar-refractivity contribution is 9.11. The molecule has 2 rings (SSSR count). The lowest BCUT2D eigenvalue weighted by molar-refractivity contribution is 0.516. The van der Waals surface area contributed by atoms with Crippen molar-refractivity contribution in [3.63, 3.8) is 0 Å². The molecule has 1 unspecified atom stereocenters. The number of nitrogens with one attached hydrogen (secondary N) is 1. The second-order valence-electron chi connectivity index (χ2n) is 5.20. The van der Waals surface area contributed by atoms with E-state index in [1.54, 1.807) is 0 Å². The smallest absolute Gasteiger partial charge is 0.0414 e. The maximum atomic E-state index is 3.70. The zero-order valence-electron chi connectivity index (χ0n) is 12.7. The summed E-state index contributed by atoms with van der Waals surface area (Å²) < 4.78 is 2.30. The highest BCUT2D eigenvalue weighted by Crippen LogP contribution is 2.41. The largest absolute Gasteiger partial charge is 0.310 e. The zero-order chi connectivity index (χ0) is 15.4. The molecule has 0 amide bonds. The standard InChI is InChI=1S/C17H21Br2NS/c1-4-6-14(20-5-2)15-7-8-16(21-15)17-12(18)9-11(3)10-13(17)19/h7-10,14,20H,4-6H2,1-3H3. The lowest BCUT2D eigenvalue weighted by Crippen LogP contribution is -2.19. The summed E-state index contributed by atoms with van der Waals surface area (Å²) in [7, 11) is 0. The van der Waals surface area contributed by atoms with Crippen molar-refractivity contribution in [1.82, 2.24) is 5.32 Å². The van der Waals surface area contributed by atoms with Gasteiger partial charge in [-0.25, -0.2) is 0 Å². The van der Waals surface area contributed by atoms with Crippen molar-refractivity contribution in [1.29, 1.82) is 0 Å². The van der Waals surface area contributed by atoms with Crippen molar-refractivity contribution >= 4 is 43.2 Å². The van der Waals surface area contributed by atoms with Gasteiger partial charge in [-0.1, -0.05) is 52.1 Å². The number of halogens is 2. The Morgan fingerprint density at radius 2 is 1.81 bits per heavy atom. The SMILES string of the molecule is CCCC(NCC)c1ccc(-c2c(Br)cc(C)cc2Br)s1. The van der Waals surface area contributed by atoms with E-state index in [0.29, 0.717) is 6.04 Å². The van der Waals surface area contributed by atoms with E-state index < -0.39 is 0 Å². The molecule has 2 aromatic rings. The number of thiophene rings is 1. The van der Waals surface area contributed by atoms with Crippen molar-refractivity contribution in [3.05, 3.63) is 43.7 Å². The van der Waals surface area contributed by atoms with Crippen molar-refractivity contribution < 1.29 is 0 Å². The Bertz CT molecular complexity index is 578. The molecule has 1 nitrogen and oxygen atoms in total. The maximum absolute atomic E-state index is 3.70. The summed E-state index contributed by atoms with van der Waals surface area (Å²) in [6.07, 6.45) is 2.38. The van der Waals surface area contributed by atoms with E-state index in [0.717, 1.165) is 15.5 Å².